The smallest absolute Gasteiger partial charge is 0.175 e. The first-order valence-electron chi connectivity index (χ1n) is 7.90. The normalized spacial score (nSPS) is 12.4. The van der Waals surface area contributed by atoms with E-state index < -0.39 is 0 Å². The summed E-state index contributed by atoms with van der Waals surface area (Å²) in [4.78, 5) is 0. The Balaban J connectivity index is 2.45. The fourth-order valence-electron chi connectivity index (χ4n) is 2.22. The highest BCUT2D eigenvalue weighted by molar-refractivity contribution is 9.10. The Bertz CT molecular complexity index is 827. The molecule has 0 aliphatic rings. The van der Waals surface area contributed by atoms with Crippen LogP contribution in [0.5, 0.6) is 11.5 Å². The molecule has 130 valence electrons. The molecule has 0 heterocycles. The topological polar surface area (TPSA) is 42.2 Å². The van der Waals surface area contributed by atoms with Crippen molar-refractivity contribution in [3.63, 3.8) is 0 Å². The van der Waals surface area contributed by atoms with Gasteiger partial charge in [0.2, 0.25) is 0 Å². The van der Waals surface area contributed by atoms with Crippen LogP contribution in [-0.4, -0.2) is 13.2 Å². The van der Waals surface area contributed by atoms with Crippen LogP contribution in [0.1, 0.15) is 31.4 Å². The second-order valence-electron chi connectivity index (χ2n) is 5.55. The lowest BCUT2D eigenvalue weighted by atomic mass is 10.0. The number of halogens is 2. The zero-order valence-corrected chi connectivity index (χ0v) is 15.9. The highest BCUT2D eigenvalue weighted by Crippen LogP contribution is 2.38. The molecule has 0 N–H and O–H groups in total. The first-order chi connectivity index (χ1) is 12.0. The molecule has 0 aliphatic carbocycles. The summed E-state index contributed by atoms with van der Waals surface area (Å²) >= 11 is 3.50. The first-order valence-corrected chi connectivity index (χ1v) is 8.69. The number of hydrogen-bond donors (Lipinski definition) is 0. The predicted molar refractivity (Wildman–Crippen MR) is 101 cm³/mol. The monoisotopic (exact) mass is 403 g/mol. The van der Waals surface area contributed by atoms with E-state index in [4.69, 9.17) is 9.47 Å². The van der Waals surface area contributed by atoms with E-state index in [1.165, 1.54) is 12.1 Å². The summed E-state index contributed by atoms with van der Waals surface area (Å²) < 4.78 is 25.5. The van der Waals surface area contributed by atoms with Gasteiger partial charge in [0.05, 0.1) is 29.3 Å². The molecule has 2 rings (SSSR count). The van der Waals surface area contributed by atoms with E-state index in [-0.39, 0.29) is 11.9 Å². The van der Waals surface area contributed by atoms with Crippen LogP contribution < -0.4 is 9.47 Å². The van der Waals surface area contributed by atoms with Crippen LogP contribution in [0, 0.1) is 17.1 Å². The zero-order chi connectivity index (χ0) is 18.4. The molecule has 0 bridgehead atoms. The fourth-order valence-corrected chi connectivity index (χ4v) is 2.78. The average Bonchev–Trinajstić information content (AvgIpc) is 2.61. The zero-order valence-electron chi connectivity index (χ0n) is 14.3. The molecule has 3 nitrogen and oxygen atoms in total. The molecular formula is C20H19BrFNO2. The summed E-state index contributed by atoms with van der Waals surface area (Å²) in [5.74, 6) is 0.811. The van der Waals surface area contributed by atoms with E-state index in [2.05, 4.69) is 22.0 Å². The number of allylic oxidation sites excluding steroid dienone is 1. The number of ether oxygens (including phenoxy) is 2. The summed E-state index contributed by atoms with van der Waals surface area (Å²) in [5.41, 5.74) is 1.64. The average molecular weight is 404 g/mol. The van der Waals surface area contributed by atoms with Gasteiger partial charge in [0.15, 0.2) is 11.5 Å². The van der Waals surface area contributed by atoms with Crippen molar-refractivity contribution >= 4 is 27.6 Å². The van der Waals surface area contributed by atoms with Crippen LogP contribution >= 0.6 is 15.9 Å². The van der Waals surface area contributed by atoms with E-state index >= 15 is 0 Å². The van der Waals surface area contributed by atoms with E-state index in [1.54, 1.807) is 31.4 Å². The Labute approximate surface area is 155 Å². The standard InChI is InChI=1S/C20H19BrFNO2/c1-4-13(2)25-20-18(21)9-14(10-19(20)24-3)8-16(12-23)15-6-5-7-17(22)11-15/h5-11,13H,4H2,1-3H3/b16-8-/t13-/m1/s1. The lowest BCUT2D eigenvalue weighted by Gasteiger charge is -2.17. The molecule has 25 heavy (non-hydrogen) atoms. The van der Waals surface area contributed by atoms with Crippen molar-refractivity contribution in [3.05, 3.63) is 57.8 Å². The third-order valence-electron chi connectivity index (χ3n) is 3.71. The van der Waals surface area contributed by atoms with Gasteiger partial charge >= 0.3 is 0 Å². The Kier molecular flexibility index (Phi) is 6.60. The summed E-state index contributed by atoms with van der Waals surface area (Å²) in [6.45, 7) is 4.03. The lowest BCUT2D eigenvalue weighted by molar-refractivity contribution is 0.206. The molecule has 0 aromatic heterocycles. The Morgan fingerprint density at radius 3 is 2.72 bits per heavy atom. The summed E-state index contributed by atoms with van der Waals surface area (Å²) in [6.07, 6.45) is 2.61. The maximum Gasteiger partial charge on any atom is 0.175 e. The van der Waals surface area contributed by atoms with E-state index in [0.717, 1.165) is 16.5 Å². The van der Waals surface area contributed by atoms with Crippen molar-refractivity contribution in [2.75, 3.05) is 7.11 Å². The Hall–Kier alpha value is -2.32. The molecule has 0 fully saturated rings. The maximum atomic E-state index is 13.4. The fraction of sp³-hybridized carbons (Fsp3) is 0.250. The van der Waals surface area contributed by atoms with Gasteiger partial charge in [0, 0.05) is 0 Å². The lowest BCUT2D eigenvalue weighted by Crippen LogP contribution is -2.11. The number of nitrogens with zero attached hydrogens (tertiary/aromatic N) is 1. The molecule has 1 atom stereocenters. The number of nitriles is 1. The van der Waals surface area contributed by atoms with E-state index in [9.17, 15) is 9.65 Å². The van der Waals surface area contributed by atoms with Crippen LogP contribution in [0.3, 0.4) is 0 Å². The summed E-state index contributed by atoms with van der Waals surface area (Å²) in [7, 11) is 1.57. The van der Waals surface area contributed by atoms with Gasteiger partial charge in [-0.25, -0.2) is 4.39 Å². The third kappa shape index (κ3) is 4.83. The minimum Gasteiger partial charge on any atom is -0.493 e. The van der Waals surface area contributed by atoms with Gasteiger partial charge in [-0.3, -0.25) is 0 Å². The molecule has 0 spiro atoms. The van der Waals surface area contributed by atoms with Crippen molar-refractivity contribution in [2.24, 2.45) is 0 Å². The second kappa shape index (κ2) is 8.68. The number of hydrogen-bond acceptors (Lipinski definition) is 3. The van der Waals surface area contributed by atoms with E-state index in [0.29, 0.717) is 22.6 Å². The van der Waals surface area contributed by atoms with Gasteiger partial charge in [-0.1, -0.05) is 19.1 Å². The molecular weight excluding hydrogens is 385 g/mol. The second-order valence-corrected chi connectivity index (χ2v) is 6.41. The SMILES string of the molecule is CC[C@@H](C)Oc1c(Br)cc(/C=C(/C#N)c2cccc(F)c2)cc1OC. The van der Waals surface area contributed by atoms with Crippen LogP contribution in [0.4, 0.5) is 4.39 Å². The van der Waals surface area contributed by atoms with Gasteiger partial charge in [0.1, 0.15) is 5.82 Å². The molecule has 0 aliphatic heterocycles. The van der Waals surface area contributed by atoms with Gasteiger partial charge in [0.25, 0.3) is 0 Å². The van der Waals surface area contributed by atoms with Crippen LogP contribution in [0.15, 0.2) is 40.9 Å². The maximum absolute atomic E-state index is 13.4. The van der Waals surface area contributed by atoms with E-state index in [1.807, 2.05) is 19.9 Å². The minimum absolute atomic E-state index is 0.0496. The molecule has 0 saturated heterocycles. The van der Waals surface area contributed by atoms with Gasteiger partial charge in [-0.05, 0) is 70.7 Å². The molecule has 0 saturated carbocycles. The highest BCUT2D eigenvalue weighted by atomic mass is 79.9. The molecule has 0 radical (unpaired) electrons. The van der Waals surface area contributed by atoms with Crippen LogP contribution in [0.25, 0.3) is 11.6 Å². The predicted octanol–water partition coefficient (Wildman–Crippen LogP) is 5.84. The molecule has 2 aromatic carbocycles. The quantitative estimate of drug-likeness (QED) is 0.449. The molecule has 5 heteroatoms. The highest BCUT2D eigenvalue weighted by Gasteiger charge is 2.14. The number of methoxy groups -OCH3 is 1. The first kappa shape index (κ1) is 19.0. The summed E-state index contributed by atoms with van der Waals surface area (Å²) in [6, 6.07) is 11.7. The van der Waals surface area contributed by atoms with Crippen LogP contribution in [0.2, 0.25) is 0 Å². The van der Waals surface area contributed by atoms with Gasteiger partial charge < -0.3 is 9.47 Å². The van der Waals surface area contributed by atoms with Crippen molar-refractivity contribution in [1.82, 2.24) is 0 Å². The number of rotatable bonds is 6. The van der Waals surface area contributed by atoms with Crippen molar-refractivity contribution in [3.8, 4) is 17.6 Å². The van der Waals surface area contributed by atoms with Gasteiger partial charge in [-0.2, -0.15) is 5.26 Å². The van der Waals surface area contributed by atoms with Crippen molar-refractivity contribution in [1.29, 1.82) is 5.26 Å². The van der Waals surface area contributed by atoms with Crippen molar-refractivity contribution in [2.45, 2.75) is 26.4 Å². The Morgan fingerprint density at radius 1 is 1.36 bits per heavy atom. The summed E-state index contributed by atoms with van der Waals surface area (Å²) in [5, 5.41) is 9.42. The van der Waals surface area contributed by atoms with Crippen molar-refractivity contribution < 1.29 is 13.9 Å². The number of benzene rings is 2. The molecule has 0 amide bonds. The minimum atomic E-state index is -0.380. The van der Waals surface area contributed by atoms with Crippen LogP contribution in [-0.2, 0) is 0 Å². The molecule has 2 aromatic rings. The Morgan fingerprint density at radius 2 is 2.12 bits per heavy atom. The largest absolute Gasteiger partial charge is 0.493 e. The van der Waals surface area contributed by atoms with Gasteiger partial charge in [-0.15, -0.1) is 0 Å². The molecule has 0 unspecified atom stereocenters. The third-order valence-corrected chi connectivity index (χ3v) is 4.30.